The van der Waals surface area contributed by atoms with Gasteiger partial charge in [0.25, 0.3) is 0 Å². The zero-order valence-corrected chi connectivity index (χ0v) is 10.5. The summed E-state index contributed by atoms with van der Waals surface area (Å²) in [4.78, 5) is 0. The van der Waals surface area contributed by atoms with E-state index in [2.05, 4.69) is 22.5 Å². The van der Waals surface area contributed by atoms with Crippen LogP contribution in [-0.2, 0) is 4.74 Å². The monoisotopic (exact) mass is 260 g/mol. The van der Waals surface area contributed by atoms with Crippen molar-refractivity contribution < 1.29 is 4.74 Å². The molecule has 0 amide bonds. The molecule has 0 unspecified atom stereocenters. The summed E-state index contributed by atoms with van der Waals surface area (Å²) in [6.45, 7) is 5.45. The lowest BCUT2D eigenvalue weighted by Crippen LogP contribution is -2.31. The minimum Gasteiger partial charge on any atom is -0.381 e. The van der Waals surface area contributed by atoms with Gasteiger partial charge in [0.05, 0.1) is 13.2 Å². The Hall–Kier alpha value is 0.180. The first-order valence-electron chi connectivity index (χ1n) is 5.58. The van der Waals surface area contributed by atoms with Crippen LogP contribution in [-0.4, -0.2) is 18.5 Å². The predicted molar refractivity (Wildman–Crippen MR) is 64.9 cm³/mol. The predicted octanol–water partition coefficient (Wildman–Crippen LogP) is 3.92. The molecule has 1 aliphatic carbocycles. The molecule has 14 heavy (non-hydrogen) atoms. The van der Waals surface area contributed by atoms with Crippen LogP contribution in [0.1, 0.15) is 38.5 Å². The third-order valence-corrected chi connectivity index (χ3v) is 4.26. The molecule has 0 bridgehead atoms. The molecular weight excluding hydrogens is 240 g/mol. The van der Waals surface area contributed by atoms with Crippen LogP contribution in [0.3, 0.4) is 0 Å². The van der Waals surface area contributed by atoms with Gasteiger partial charge in [-0.25, -0.2) is 0 Å². The fraction of sp³-hybridized carbons (Fsp3) is 0.833. The van der Waals surface area contributed by atoms with E-state index in [-0.39, 0.29) is 0 Å². The zero-order valence-electron chi connectivity index (χ0n) is 8.93. The highest BCUT2D eigenvalue weighted by molar-refractivity contribution is 9.09. The van der Waals surface area contributed by atoms with Crippen molar-refractivity contribution in [2.45, 2.75) is 38.5 Å². The molecule has 0 aromatic rings. The average Bonchev–Trinajstić information content (AvgIpc) is 2.26. The van der Waals surface area contributed by atoms with Crippen LogP contribution in [0.5, 0.6) is 0 Å². The topological polar surface area (TPSA) is 9.23 Å². The minimum atomic E-state index is 0.430. The molecule has 0 aliphatic heterocycles. The van der Waals surface area contributed by atoms with E-state index in [9.17, 15) is 0 Å². The highest BCUT2D eigenvalue weighted by Crippen LogP contribution is 2.38. The average molecular weight is 261 g/mol. The molecule has 82 valence electrons. The molecule has 1 saturated carbocycles. The molecule has 0 spiro atoms. The van der Waals surface area contributed by atoms with Crippen LogP contribution in [0, 0.1) is 5.41 Å². The third-order valence-electron chi connectivity index (χ3n) is 3.07. The molecule has 0 N–H and O–H groups in total. The third kappa shape index (κ3) is 3.74. The van der Waals surface area contributed by atoms with E-state index < -0.39 is 0 Å². The van der Waals surface area contributed by atoms with Gasteiger partial charge in [-0.05, 0) is 19.3 Å². The normalized spacial score (nSPS) is 20.6. The Kier molecular flexibility index (Phi) is 5.80. The fourth-order valence-corrected chi connectivity index (χ4v) is 2.80. The van der Waals surface area contributed by atoms with Gasteiger partial charge in [-0.15, -0.1) is 6.58 Å². The van der Waals surface area contributed by atoms with Crippen LogP contribution in [0.2, 0.25) is 0 Å². The van der Waals surface area contributed by atoms with Crippen LogP contribution in [0.25, 0.3) is 0 Å². The Bertz CT molecular complexity index is 162. The first kappa shape index (κ1) is 12.3. The SMILES string of the molecule is C=CCCOCC1(CBr)CCCCC1. The zero-order chi connectivity index (χ0) is 10.3. The maximum Gasteiger partial charge on any atom is 0.0530 e. The molecule has 1 aliphatic rings. The number of ether oxygens (including phenoxy) is 1. The Morgan fingerprint density at radius 2 is 2.00 bits per heavy atom. The van der Waals surface area contributed by atoms with Gasteiger partial charge in [0.1, 0.15) is 0 Å². The van der Waals surface area contributed by atoms with Gasteiger partial charge < -0.3 is 4.74 Å². The first-order chi connectivity index (χ1) is 6.83. The van der Waals surface area contributed by atoms with Crippen LogP contribution < -0.4 is 0 Å². The van der Waals surface area contributed by atoms with Gasteiger partial charge in [-0.2, -0.15) is 0 Å². The van der Waals surface area contributed by atoms with E-state index in [0.29, 0.717) is 5.41 Å². The smallest absolute Gasteiger partial charge is 0.0530 e. The van der Waals surface area contributed by atoms with Crippen molar-refractivity contribution in [3.05, 3.63) is 12.7 Å². The lowest BCUT2D eigenvalue weighted by atomic mass is 9.76. The van der Waals surface area contributed by atoms with Gasteiger partial charge in [0.15, 0.2) is 0 Å². The Labute approximate surface area is 96.0 Å². The lowest BCUT2D eigenvalue weighted by molar-refractivity contribution is 0.0372. The van der Waals surface area contributed by atoms with Gasteiger partial charge in [-0.1, -0.05) is 41.3 Å². The molecule has 0 aromatic heterocycles. The van der Waals surface area contributed by atoms with Crippen LogP contribution in [0.15, 0.2) is 12.7 Å². The van der Waals surface area contributed by atoms with E-state index in [1.54, 1.807) is 0 Å². The summed E-state index contributed by atoms with van der Waals surface area (Å²) >= 11 is 3.64. The molecule has 0 radical (unpaired) electrons. The van der Waals surface area contributed by atoms with Crippen molar-refractivity contribution in [1.82, 2.24) is 0 Å². The fourth-order valence-electron chi connectivity index (χ4n) is 2.07. The molecule has 0 aromatic carbocycles. The summed E-state index contributed by atoms with van der Waals surface area (Å²) in [5, 5.41) is 1.09. The molecule has 1 fully saturated rings. The molecular formula is C12H21BrO. The van der Waals surface area contributed by atoms with E-state index in [4.69, 9.17) is 4.74 Å². The summed E-state index contributed by atoms with van der Waals surface area (Å²) < 4.78 is 5.71. The minimum absolute atomic E-state index is 0.430. The second kappa shape index (κ2) is 6.62. The van der Waals surface area contributed by atoms with E-state index in [1.165, 1.54) is 32.1 Å². The summed E-state index contributed by atoms with van der Waals surface area (Å²) in [6, 6.07) is 0. The van der Waals surface area contributed by atoms with Crippen molar-refractivity contribution in [3.8, 4) is 0 Å². The van der Waals surface area contributed by atoms with Crippen molar-refractivity contribution in [2.24, 2.45) is 5.41 Å². The molecule has 1 nitrogen and oxygen atoms in total. The van der Waals surface area contributed by atoms with Crippen molar-refractivity contribution in [1.29, 1.82) is 0 Å². The van der Waals surface area contributed by atoms with Gasteiger partial charge in [0, 0.05) is 10.7 Å². The number of hydrogen-bond donors (Lipinski definition) is 0. The van der Waals surface area contributed by atoms with Gasteiger partial charge in [0.2, 0.25) is 0 Å². The second-order valence-corrected chi connectivity index (χ2v) is 4.88. The van der Waals surface area contributed by atoms with E-state index in [1.807, 2.05) is 6.08 Å². The van der Waals surface area contributed by atoms with Crippen molar-refractivity contribution in [2.75, 3.05) is 18.5 Å². The van der Waals surface area contributed by atoms with E-state index >= 15 is 0 Å². The number of alkyl halides is 1. The summed E-state index contributed by atoms with van der Waals surface area (Å²) in [5.41, 5.74) is 0.430. The Balaban J connectivity index is 2.25. The molecule has 1 rings (SSSR count). The molecule has 2 heteroatoms. The maximum absolute atomic E-state index is 5.71. The Morgan fingerprint density at radius 3 is 2.57 bits per heavy atom. The Morgan fingerprint density at radius 1 is 1.29 bits per heavy atom. The van der Waals surface area contributed by atoms with Gasteiger partial charge >= 0.3 is 0 Å². The van der Waals surface area contributed by atoms with Crippen LogP contribution in [0.4, 0.5) is 0 Å². The van der Waals surface area contributed by atoms with Crippen molar-refractivity contribution in [3.63, 3.8) is 0 Å². The largest absolute Gasteiger partial charge is 0.381 e. The highest BCUT2D eigenvalue weighted by Gasteiger charge is 2.30. The second-order valence-electron chi connectivity index (χ2n) is 4.32. The van der Waals surface area contributed by atoms with Crippen LogP contribution >= 0.6 is 15.9 Å². The summed E-state index contributed by atoms with van der Waals surface area (Å²) in [7, 11) is 0. The molecule has 0 atom stereocenters. The number of rotatable bonds is 6. The maximum atomic E-state index is 5.71. The number of halogens is 1. The summed E-state index contributed by atoms with van der Waals surface area (Å²) in [6.07, 6.45) is 9.69. The highest BCUT2D eigenvalue weighted by atomic mass is 79.9. The lowest BCUT2D eigenvalue weighted by Gasteiger charge is -2.35. The van der Waals surface area contributed by atoms with Crippen molar-refractivity contribution >= 4 is 15.9 Å². The first-order valence-corrected chi connectivity index (χ1v) is 6.70. The summed E-state index contributed by atoms with van der Waals surface area (Å²) in [5.74, 6) is 0. The quantitative estimate of drug-likeness (QED) is 0.400. The molecule has 0 heterocycles. The molecule has 0 saturated heterocycles. The number of hydrogen-bond acceptors (Lipinski definition) is 1. The van der Waals surface area contributed by atoms with Gasteiger partial charge in [-0.3, -0.25) is 0 Å². The van der Waals surface area contributed by atoms with E-state index in [0.717, 1.165) is 25.0 Å². The standard InChI is InChI=1S/C12H21BrO/c1-2-3-9-14-11-12(10-13)7-5-4-6-8-12/h2H,1,3-11H2.